The number of nitrogens with two attached hydrogens (primary N) is 1. The summed E-state index contributed by atoms with van der Waals surface area (Å²) in [6.45, 7) is 4.94. The van der Waals surface area contributed by atoms with Crippen LogP contribution in [0.5, 0.6) is 0 Å². The molecule has 1 aromatic rings. The Balaban J connectivity index is 2.17. The average molecular weight is 256 g/mol. The van der Waals surface area contributed by atoms with Gasteiger partial charge in [-0.1, -0.05) is 50.3 Å². The van der Waals surface area contributed by atoms with Crippen molar-refractivity contribution >= 4 is 5.91 Å². The third-order valence-electron chi connectivity index (χ3n) is 3.36. The van der Waals surface area contributed by atoms with Gasteiger partial charge in [-0.3, -0.25) is 4.79 Å². The van der Waals surface area contributed by atoms with Crippen molar-refractivity contribution in [1.82, 2.24) is 4.90 Å². The second kappa shape index (κ2) is 5.74. The number of carbonyl (C=O) groups excluding carboxylic acids is 1. The number of allylic oxidation sites excluding steroid dienone is 1. The van der Waals surface area contributed by atoms with Crippen LogP contribution in [0.2, 0.25) is 0 Å². The third kappa shape index (κ3) is 3.25. The maximum absolute atomic E-state index is 11.6. The minimum Gasteiger partial charge on any atom is -0.366 e. The number of rotatable bonds is 4. The largest absolute Gasteiger partial charge is 0.366 e. The first-order valence-corrected chi connectivity index (χ1v) is 6.57. The number of carbonyl (C=O) groups is 1. The van der Waals surface area contributed by atoms with Crippen LogP contribution in [0.4, 0.5) is 0 Å². The lowest BCUT2D eigenvalue weighted by Gasteiger charge is -2.27. The SMILES string of the molecule is CC(C)C1C=CN(Cc2ccccc2)C=C1C(N)=O. The normalized spacial score (nSPS) is 18.6. The zero-order valence-electron chi connectivity index (χ0n) is 11.4. The molecule has 1 aromatic carbocycles. The van der Waals surface area contributed by atoms with Gasteiger partial charge in [0.1, 0.15) is 0 Å². The van der Waals surface area contributed by atoms with Gasteiger partial charge in [-0.25, -0.2) is 0 Å². The first-order chi connectivity index (χ1) is 9.08. The first-order valence-electron chi connectivity index (χ1n) is 6.57. The summed E-state index contributed by atoms with van der Waals surface area (Å²) in [5, 5.41) is 0. The Hall–Kier alpha value is -2.03. The molecule has 2 rings (SSSR count). The molecule has 1 heterocycles. The molecule has 1 aliphatic heterocycles. The Morgan fingerprint density at radius 3 is 2.58 bits per heavy atom. The molecule has 0 saturated heterocycles. The standard InChI is InChI=1S/C16H20N2O/c1-12(2)14-8-9-18(11-15(14)16(17)19)10-13-6-4-3-5-7-13/h3-9,11-12,14H,10H2,1-2H3,(H2,17,19). The summed E-state index contributed by atoms with van der Waals surface area (Å²) >= 11 is 0. The Bertz CT molecular complexity index is 503. The summed E-state index contributed by atoms with van der Waals surface area (Å²) in [6.07, 6.45) is 5.97. The molecule has 0 saturated carbocycles. The molecule has 0 aromatic heterocycles. The minimum atomic E-state index is -0.332. The number of benzene rings is 1. The number of hydrogen-bond donors (Lipinski definition) is 1. The molecule has 1 aliphatic rings. The van der Waals surface area contributed by atoms with Crippen molar-refractivity contribution < 1.29 is 4.79 Å². The first kappa shape index (κ1) is 13.4. The van der Waals surface area contributed by atoms with E-state index in [1.54, 1.807) is 0 Å². The Morgan fingerprint density at radius 2 is 2.00 bits per heavy atom. The van der Waals surface area contributed by atoms with Gasteiger partial charge in [-0.05, 0) is 11.5 Å². The van der Waals surface area contributed by atoms with Gasteiger partial charge < -0.3 is 10.6 Å². The Labute approximate surface area is 114 Å². The van der Waals surface area contributed by atoms with Crippen molar-refractivity contribution in [2.45, 2.75) is 20.4 Å². The smallest absolute Gasteiger partial charge is 0.246 e. The lowest BCUT2D eigenvalue weighted by Crippen LogP contribution is -2.28. The third-order valence-corrected chi connectivity index (χ3v) is 3.36. The van der Waals surface area contributed by atoms with Crippen LogP contribution in [0, 0.1) is 11.8 Å². The van der Waals surface area contributed by atoms with E-state index in [0.29, 0.717) is 11.5 Å². The van der Waals surface area contributed by atoms with Crippen molar-refractivity contribution in [1.29, 1.82) is 0 Å². The van der Waals surface area contributed by atoms with E-state index in [1.165, 1.54) is 5.56 Å². The Kier molecular flexibility index (Phi) is 4.05. The van der Waals surface area contributed by atoms with Crippen LogP contribution in [-0.4, -0.2) is 10.8 Å². The fourth-order valence-corrected chi connectivity index (χ4v) is 2.32. The van der Waals surface area contributed by atoms with Gasteiger partial charge in [0.05, 0.1) is 0 Å². The lowest BCUT2D eigenvalue weighted by molar-refractivity contribution is -0.115. The molecule has 0 radical (unpaired) electrons. The molecule has 0 aliphatic carbocycles. The van der Waals surface area contributed by atoms with Gasteiger partial charge in [0.2, 0.25) is 5.91 Å². The van der Waals surface area contributed by atoms with Crippen LogP contribution < -0.4 is 5.73 Å². The molecule has 1 unspecified atom stereocenters. The van der Waals surface area contributed by atoms with Crippen LogP contribution in [-0.2, 0) is 11.3 Å². The molecule has 3 nitrogen and oxygen atoms in total. The molecule has 0 spiro atoms. The molecule has 3 heteroatoms. The molecule has 1 atom stereocenters. The lowest BCUT2D eigenvalue weighted by atomic mass is 9.86. The van der Waals surface area contributed by atoms with Crippen LogP contribution in [0.25, 0.3) is 0 Å². The zero-order valence-corrected chi connectivity index (χ0v) is 11.4. The minimum absolute atomic E-state index is 0.115. The van der Waals surface area contributed by atoms with Gasteiger partial charge in [-0.15, -0.1) is 0 Å². The van der Waals surface area contributed by atoms with E-state index >= 15 is 0 Å². The molecular weight excluding hydrogens is 236 g/mol. The van der Waals surface area contributed by atoms with Crippen molar-refractivity contribution in [3.05, 3.63) is 59.9 Å². The maximum atomic E-state index is 11.6. The van der Waals surface area contributed by atoms with Gasteiger partial charge >= 0.3 is 0 Å². The van der Waals surface area contributed by atoms with Crippen LogP contribution in [0.1, 0.15) is 19.4 Å². The summed E-state index contributed by atoms with van der Waals surface area (Å²) < 4.78 is 0. The molecule has 19 heavy (non-hydrogen) atoms. The van der Waals surface area contributed by atoms with Crippen LogP contribution in [0.3, 0.4) is 0 Å². The highest BCUT2D eigenvalue weighted by Gasteiger charge is 2.23. The summed E-state index contributed by atoms with van der Waals surface area (Å²) in [7, 11) is 0. The van der Waals surface area contributed by atoms with E-state index in [-0.39, 0.29) is 11.8 Å². The second-order valence-electron chi connectivity index (χ2n) is 5.22. The molecule has 100 valence electrons. The molecule has 1 amide bonds. The maximum Gasteiger partial charge on any atom is 0.246 e. The number of nitrogens with zero attached hydrogens (tertiary/aromatic N) is 1. The summed E-state index contributed by atoms with van der Waals surface area (Å²) in [5.41, 5.74) is 7.38. The van der Waals surface area contributed by atoms with Crippen molar-refractivity contribution in [2.75, 3.05) is 0 Å². The summed E-state index contributed by atoms with van der Waals surface area (Å²) in [6, 6.07) is 10.2. The molecular formula is C16H20N2O. The predicted molar refractivity (Wildman–Crippen MR) is 76.7 cm³/mol. The fraction of sp³-hybridized carbons (Fsp3) is 0.312. The van der Waals surface area contributed by atoms with Gasteiger partial charge in [-0.2, -0.15) is 0 Å². The van der Waals surface area contributed by atoms with Gasteiger partial charge in [0.25, 0.3) is 0 Å². The zero-order chi connectivity index (χ0) is 13.8. The predicted octanol–water partition coefficient (Wildman–Crippen LogP) is 2.66. The van der Waals surface area contributed by atoms with E-state index < -0.39 is 0 Å². The number of primary amides is 1. The summed E-state index contributed by atoms with van der Waals surface area (Å²) in [4.78, 5) is 13.6. The van der Waals surface area contributed by atoms with Gasteiger partial charge in [0, 0.05) is 30.4 Å². The molecule has 0 fully saturated rings. The van der Waals surface area contributed by atoms with Crippen LogP contribution in [0.15, 0.2) is 54.4 Å². The van der Waals surface area contributed by atoms with Crippen molar-refractivity contribution in [3.8, 4) is 0 Å². The highest BCUT2D eigenvalue weighted by Crippen LogP contribution is 2.26. The molecule has 0 bridgehead atoms. The van der Waals surface area contributed by atoms with E-state index in [0.717, 1.165) is 6.54 Å². The number of amides is 1. The van der Waals surface area contributed by atoms with Crippen molar-refractivity contribution in [3.63, 3.8) is 0 Å². The molecule has 2 N–H and O–H groups in total. The van der Waals surface area contributed by atoms with E-state index in [4.69, 9.17) is 5.73 Å². The average Bonchev–Trinajstić information content (AvgIpc) is 2.39. The summed E-state index contributed by atoms with van der Waals surface area (Å²) in [5.74, 6) is 0.152. The highest BCUT2D eigenvalue weighted by atomic mass is 16.1. The van der Waals surface area contributed by atoms with E-state index in [9.17, 15) is 4.79 Å². The Morgan fingerprint density at radius 1 is 1.32 bits per heavy atom. The van der Waals surface area contributed by atoms with Gasteiger partial charge in [0.15, 0.2) is 0 Å². The monoisotopic (exact) mass is 256 g/mol. The fourth-order valence-electron chi connectivity index (χ4n) is 2.32. The second-order valence-corrected chi connectivity index (χ2v) is 5.22. The topological polar surface area (TPSA) is 46.3 Å². The van der Waals surface area contributed by atoms with E-state index in [2.05, 4.69) is 32.1 Å². The highest BCUT2D eigenvalue weighted by molar-refractivity contribution is 5.93. The quantitative estimate of drug-likeness (QED) is 0.900. The number of hydrogen-bond acceptors (Lipinski definition) is 2. The van der Waals surface area contributed by atoms with Crippen molar-refractivity contribution in [2.24, 2.45) is 17.6 Å². The van der Waals surface area contributed by atoms with E-state index in [1.807, 2.05) is 35.5 Å². The van der Waals surface area contributed by atoms with Crippen LogP contribution >= 0.6 is 0 Å².